The predicted octanol–water partition coefficient (Wildman–Crippen LogP) is 4.13. The van der Waals surface area contributed by atoms with E-state index in [9.17, 15) is 0 Å². The van der Waals surface area contributed by atoms with Crippen molar-refractivity contribution < 1.29 is 0 Å². The van der Waals surface area contributed by atoms with Crippen molar-refractivity contribution >= 4 is 17.1 Å². The summed E-state index contributed by atoms with van der Waals surface area (Å²) in [5.41, 5.74) is 7.05. The van der Waals surface area contributed by atoms with Gasteiger partial charge in [0.2, 0.25) is 0 Å². The molecule has 0 radical (unpaired) electrons. The molecule has 0 aliphatic carbocycles. The van der Waals surface area contributed by atoms with Gasteiger partial charge in [-0.2, -0.15) is 0 Å². The topological polar surface area (TPSA) is 15.3 Å². The molecule has 0 saturated carbocycles. The molecular weight excluding hydrogens is 244 g/mol. The number of hydrogen-bond donors (Lipinski definition) is 1. The van der Waals surface area contributed by atoms with E-state index in [2.05, 4.69) is 52.7 Å². The van der Waals surface area contributed by atoms with Crippen LogP contribution in [0.1, 0.15) is 24.0 Å². The summed E-state index contributed by atoms with van der Waals surface area (Å²) in [6.07, 6.45) is 4.88. The van der Waals surface area contributed by atoms with Gasteiger partial charge in [-0.3, -0.25) is 0 Å². The van der Waals surface area contributed by atoms with Crippen LogP contribution in [0.15, 0.2) is 42.5 Å². The number of hydrogen-bond acceptors (Lipinski definition) is 2. The van der Waals surface area contributed by atoms with Crippen LogP contribution in [-0.2, 0) is 12.8 Å². The quantitative estimate of drug-likeness (QED) is 0.833. The highest BCUT2D eigenvalue weighted by atomic mass is 15.2. The zero-order valence-electron chi connectivity index (χ0n) is 11.7. The van der Waals surface area contributed by atoms with Gasteiger partial charge < -0.3 is 10.2 Å². The second-order valence-electron chi connectivity index (χ2n) is 5.73. The number of anilines is 3. The number of nitrogens with one attached hydrogen (secondary N) is 1. The van der Waals surface area contributed by atoms with Gasteiger partial charge in [0.15, 0.2) is 0 Å². The Balaban J connectivity index is 1.83. The Morgan fingerprint density at radius 2 is 1.60 bits per heavy atom. The summed E-state index contributed by atoms with van der Waals surface area (Å²) in [6.45, 7) is 2.22. The molecular formula is C18H20N2. The van der Waals surface area contributed by atoms with Crippen molar-refractivity contribution in [2.45, 2.75) is 25.7 Å². The lowest BCUT2D eigenvalue weighted by Crippen LogP contribution is -2.26. The summed E-state index contributed by atoms with van der Waals surface area (Å²) in [7, 11) is 0. The Bertz CT molecular complexity index is 633. The molecule has 20 heavy (non-hydrogen) atoms. The number of fused-ring (bicyclic) bond motifs is 2. The number of para-hydroxylation sites is 2. The van der Waals surface area contributed by atoms with Crippen LogP contribution in [0.4, 0.5) is 17.1 Å². The van der Waals surface area contributed by atoms with Crippen LogP contribution in [0.3, 0.4) is 0 Å². The highest BCUT2D eigenvalue weighted by molar-refractivity contribution is 5.81. The number of rotatable bonds is 1. The zero-order chi connectivity index (χ0) is 13.4. The van der Waals surface area contributed by atoms with Crippen molar-refractivity contribution in [3.05, 3.63) is 53.6 Å². The monoisotopic (exact) mass is 264 g/mol. The second kappa shape index (κ2) is 4.86. The van der Waals surface area contributed by atoms with E-state index in [-0.39, 0.29) is 0 Å². The minimum Gasteiger partial charge on any atom is -0.383 e. The highest BCUT2D eigenvalue weighted by Crippen LogP contribution is 2.40. The van der Waals surface area contributed by atoms with Gasteiger partial charge in [-0.05, 0) is 48.9 Å². The summed E-state index contributed by atoms with van der Waals surface area (Å²) in [5, 5.41) is 3.62. The van der Waals surface area contributed by atoms with Gasteiger partial charge in [-0.1, -0.05) is 30.3 Å². The molecule has 0 unspecified atom stereocenters. The smallest absolute Gasteiger partial charge is 0.0649 e. The maximum absolute atomic E-state index is 3.62. The second-order valence-corrected chi connectivity index (χ2v) is 5.73. The molecule has 102 valence electrons. The van der Waals surface area contributed by atoms with Gasteiger partial charge in [0.05, 0.1) is 11.4 Å². The molecule has 0 bridgehead atoms. The third-order valence-corrected chi connectivity index (χ3v) is 4.45. The van der Waals surface area contributed by atoms with Crippen LogP contribution in [-0.4, -0.2) is 13.1 Å². The SMILES string of the molecule is c1ccc2c(c1)CCCN2c1cccc2c1NCCC2. The Labute approximate surface area is 120 Å². The first-order valence-corrected chi connectivity index (χ1v) is 7.65. The average Bonchev–Trinajstić information content (AvgIpc) is 2.54. The molecule has 0 atom stereocenters. The molecule has 2 aliphatic rings. The zero-order valence-corrected chi connectivity index (χ0v) is 11.7. The van der Waals surface area contributed by atoms with E-state index in [0.717, 1.165) is 13.1 Å². The van der Waals surface area contributed by atoms with Crippen molar-refractivity contribution in [1.82, 2.24) is 0 Å². The van der Waals surface area contributed by atoms with Crippen LogP contribution in [0.2, 0.25) is 0 Å². The van der Waals surface area contributed by atoms with Crippen LogP contribution in [0.25, 0.3) is 0 Å². The fourth-order valence-electron chi connectivity index (χ4n) is 3.50. The lowest BCUT2D eigenvalue weighted by Gasteiger charge is -2.34. The van der Waals surface area contributed by atoms with Gasteiger partial charge in [0, 0.05) is 18.8 Å². The Hall–Kier alpha value is -1.96. The molecule has 2 heterocycles. The van der Waals surface area contributed by atoms with Gasteiger partial charge in [-0.15, -0.1) is 0 Å². The van der Waals surface area contributed by atoms with E-state index in [1.807, 2.05) is 0 Å². The first kappa shape index (κ1) is 11.8. The maximum Gasteiger partial charge on any atom is 0.0649 e. The Morgan fingerprint density at radius 3 is 2.60 bits per heavy atom. The molecule has 2 nitrogen and oxygen atoms in total. The third-order valence-electron chi connectivity index (χ3n) is 4.45. The summed E-state index contributed by atoms with van der Waals surface area (Å²) in [5.74, 6) is 0. The number of nitrogens with zero attached hydrogens (tertiary/aromatic N) is 1. The van der Waals surface area contributed by atoms with Crippen LogP contribution in [0, 0.1) is 0 Å². The van der Waals surface area contributed by atoms with E-state index in [1.165, 1.54) is 53.9 Å². The fourth-order valence-corrected chi connectivity index (χ4v) is 3.50. The lowest BCUT2D eigenvalue weighted by molar-refractivity contribution is 0.763. The standard InChI is InChI=1S/C18H20N2/c1-2-10-16-14(6-1)9-5-13-20(16)17-11-3-7-15-8-4-12-19-18(15)17/h1-3,6-7,10-11,19H,4-5,8-9,12-13H2. The first-order valence-electron chi connectivity index (χ1n) is 7.65. The van der Waals surface area contributed by atoms with E-state index >= 15 is 0 Å². The van der Waals surface area contributed by atoms with Gasteiger partial charge in [-0.25, -0.2) is 0 Å². The van der Waals surface area contributed by atoms with Crippen molar-refractivity contribution in [2.24, 2.45) is 0 Å². The molecule has 0 spiro atoms. The molecule has 0 amide bonds. The molecule has 2 aromatic rings. The van der Waals surface area contributed by atoms with Crippen LogP contribution >= 0.6 is 0 Å². The normalized spacial score (nSPS) is 17.1. The summed E-state index contributed by atoms with van der Waals surface area (Å²) < 4.78 is 0. The van der Waals surface area contributed by atoms with E-state index < -0.39 is 0 Å². The van der Waals surface area contributed by atoms with E-state index in [4.69, 9.17) is 0 Å². The van der Waals surface area contributed by atoms with Crippen LogP contribution in [0.5, 0.6) is 0 Å². The molecule has 0 saturated heterocycles. The highest BCUT2D eigenvalue weighted by Gasteiger charge is 2.22. The molecule has 2 aliphatic heterocycles. The number of benzene rings is 2. The Kier molecular flexibility index (Phi) is 2.87. The average molecular weight is 264 g/mol. The van der Waals surface area contributed by atoms with Crippen molar-refractivity contribution in [3.63, 3.8) is 0 Å². The lowest BCUT2D eigenvalue weighted by atomic mass is 9.98. The van der Waals surface area contributed by atoms with Crippen molar-refractivity contribution in [3.8, 4) is 0 Å². The molecule has 0 fully saturated rings. The third kappa shape index (κ3) is 1.87. The summed E-state index contributed by atoms with van der Waals surface area (Å²) in [4.78, 5) is 2.50. The fraction of sp³-hybridized carbons (Fsp3) is 0.333. The maximum atomic E-state index is 3.62. The largest absolute Gasteiger partial charge is 0.383 e. The summed E-state index contributed by atoms with van der Waals surface area (Å²) in [6, 6.07) is 15.6. The predicted molar refractivity (Wildman–Crippen MR) is 85.0 cm³/mol. The van der Waals surface area contributed by atoms with Crippen LogP contribution < -0.4 is 10.2 Å². The molecule has 0 aromatic heterocycles. The minimum absolute atomic E-state index is 1.10. The molecule has 4 rings (SSSR count). The van der Waals surface area contributed by atoms with Gasteiger partial charge in [0.1, 0.15) is 0 Å². The van der Waals surface area contributed by atoms with Crippen molar-refractivity contribution in [1.29, 1.82) is 0 Å². The number of aryl methyl sites for hydroxylation is 2. The molecule has 1 N–H and O–H groups in total. The molecule has 2 heteroatoms. The van der Waals surface area contributed by atoms with Crippen molar-refractivity contribution in [2.75, 3.05) is 23.3 Å². The van der Waals surface area contributed by atoms with Gasteiger partial charge in [0.25, 0.3) is 0 Å². The molecule has 2 aromatic carbocycles. The summed E-state index contributed by atoms with van der Waals surface area (Å²) >= 11 is 0. The minimum atomic E-state index is 1.10. The van der Waals surface area contributed by atoms with E-state index in [1.54, 1.807) is 0 Å². The Morgan fingerprint density at radius 1 is 0.800 bits per heavy atom. The van der Waals surface area contributed by atoms with E-state index in [0.29, 0.717) is 0 Å². The first-order chi connectivity index (χ1) is 9.93. The van der Waals surface area contributed by atoms with Gasteiger partial charge >= 0.3 is 0 Å².